The van der Waals surface area contributed by atoms with Gasteiger partial charge in [-0.25, -0.2) is 17.5 Å². The Balaban J connectivity index is 2.24. The van der Waals surface area contributed by atoms with Gasteiger partial charge in [-0.2, -0.15) is 5.10 Å². The monoisotopic (exact) mass is 312 g/mol. The van der Waals surface area contributed by atoms with Gasteiger partial charge in [-0.3, -0.25) is 4.68 Å². The Kier molecular flexibility index (Phi) is 4.29. The van der Waals surface area contributed by atoms with Crippen molar-refractivity contribution in [3.8, 4) is 0 Å². The van der Waals surface area contributed by atoms with Crippen molar-refractivity contribution in [2.24, 2.45) is 7.05 Å². The van der Waals surface area contributed by atoms with Crippen LogP contribution in [-0.2, 0) is 30.0 Å². The van der Waals surface area contributed by atoms with E-state index in [1.54, 1.807) is 17.9 Å². The number of halogens is 1. The summed E-state index contributed by atoms with van der Waals surface area (Å²) < 4.78 is 41.8. The molecule has 0 aliphatic rings. The van der Waals surface area contributed by atoms with Gasteiger partial charge < -0.3 is 5.73 Å². The van der Waals surface area contributed by atoms with E-state index in [1.807, 2.05) is 6.92 Å². The lowest BCUT2D eigenvalue weighted by Gasteiger charge is -2.09. The number of rotatable bonds is 5. The number of hydrogen-bond donors (Lipinski definition) is 2. The van der Waals surface area contributed by atoms with Crippen molar-refractivity contribution in [2.75, 3.05) is 5.73 Å². The molecule has 1 aromatic heterocycles. The Hall–Kier alpha value is -1.93. The van der Waals surface area contributed by atoms with Crippen molar-refractivity contribution < 1.29 is 12.8 Å². The maximum absolute atomic E-state index is 13.4. The van der Waals surface area contributed by atoms with Crippen LogP contribution in [-0.4, -0.2) is 18.2 Å². The fraction of sp³-hybridized carbons (Fsp3) is 0.308. The summed E-state index contributed by atoms with van der Waals surface area (Å²) in [6.45, 7) is 2.01. The summed E-state index contributed by atoms with van der Waals surface area (Å²) >= 11 is 0. The smallest absolute Gasteiger partial charge is 0.243 e. The Labute approximate surface area is 122 Å². The van der Waals surface area contributed by atoms with Gasteiger partial charge in [0.1, 0.15) is 10.7 Å². The zero-order chi connectivity index (χ0) is 15.6. The second-order valence-corrected chi connectivity index (χ2v) is 6.34. The van der Waals surface area contributed by atoms with Crippen LogP contribution in [0.5, 0.6) is 0 Å². The molecule has 3 N–H and O–H groups in total. The van der Waals surface area contributed by atoms with Gasteiger partial charge >= 0.3 is 0 Å². The molecule has 0 atom stereocenters. The fourth-order valence-electron chi connectivity index (χ4n) is 2.03. The van der Waals surface area contributed by atoms with Crippen LogP contribution >= 0.6 is 0 Å². The summed E-state index contributed by atoms with van der Waals surface area (Å²) in [5.41, 5.74) is 6.69. The predicted octanol–water partition coefficient (Wildman–Crippen LogP) is 1.18. The van der Waals surface area contributed by atoms with E-state index >= 15 is 0 Å². The molecule has 6 nitrogen and oxygen atoms in total. The molecular weight excluding hydrogens is 295 g/mol. The van der Waals surface area contributed by atoms with E-state index < -0.39 is 15.8 Å². The Morgan fingerprint density at radius 1 is 1.43 bits per heavy atom. The largest absolute Gasteiger partial charge is 0.395 e. The molecule has 0 aliphatic heterocycles. The molecule has 1 aromatic carbocycles. The van der Waals surface area contributed by atoms with E-state index in [0.29, 0.717) is 6.42 Å². The molecule has 114 valence electrons. The predicted molar refractivity (Wildman–Crippen MR) is 77.4 cm³/mol. The molecule has 0 bridgehead atoms. The average molecular weight is 312 g/mol. The summed E-state index contributed by atoms with van der Waals surface area (Å²) in [7, 11) is -2.11. The van der Waals surface area contributed by atoms with E-state index in [-0.39, 0.29) is 17.1 Å². The van der Waals surface area contributed by atoms with Crippen LogP contribution in [0, 0.1) is 5.82 Å². The number of nitrogens with one attached hydrogen (secondary N) is 1. The van der Waals surface area contributed by atoms with Crippen molar-refractivity contribution in [3.05, 3.63) is 41.5 Å². The third kappa shape index (κ3) is 3.22. The summed E-state index contributed by atoms with van der Waals surface area (Å²) in [6, 6.07) is 3.69. The molecule has 8 heteroatoms. The van der Waals surface area contributed by atoms with Crippen molar-refractivity contribution in [2.45, 2.75) is 24.8 Å². The minimum Gasteiger partial charge on any atom is -0.395 e. The standard InChI is InChI=1S/C13H17FN4O2S/c1-3-11-9(8-18(2)17-11)7-16-21(19,20)12-6-4-5-10(14)13(12)15/h4-6,8,16H,3,7,15H2,1-2H3. The van der Waals surface area contributed by atoms with Gasteiger partial charge in [0, 0.05) is 25.4 Å². The van der Waals surface area contributed by atoms with Gasteiger partial charge in [-0.15, -0.1) is 0 Å². The molecule has 1 heterocycles. The number of aromatic nitrogens is 2. The van der Waals surface area contributed by atoms with E-state index in [4.69, 9.17) is 5.73 Å². The number of benzene rings is 1. The number of para-hydroxylation sites is 1. The minimum absolute atomic E-state index is 0.0787. The first-order valence-electron chi connectivity index (χ1n) is 6.40. The molecule has 0 saturated heterocycles. The van der Waals surface area contributed by atoms with E-state index in [1.165, 1.54) is 12.1 Å². The summed E-state index contributed by atoms with van der Waals surface area (Å²) in [6.07, 6.45) is 2.44. The van der Waals surface area contributed by atoms with Gasteiger partial charge in [0.2, 0.25) is 10.0 Å². The van der Waals surface area contributed by atoms with E-state index in [0.717, 1.165) is 17.3 Å². The zero-order valence-electron chi connectivity index (χ0n) is 11.8. The highest BCUT2D eigenvalue weighted by Crippen LogP contribution is 2.21. The average Bonchev–Trinajstić information content (AvgIpc) is 2.80. The van der Waals surface area contributed by atoms with Gasteiger partial charge in [0.15, 0.2) is 0 Å². The van der Waals surface area contributed by atoms with Crippen molar-refractivity contribution >= 4 is 15.7 Å². The Bertz CT molecular complexity index is 756. The molecule has 0 unspecified atom stereocenters. The Morgan fingerprint density at radius 2 is 2.14 bits per heavy atom. The lowest BCUT2D eigenvalue weighted by atomic mass is 10.2. The molecular formula is C13H17FN4O2S. The number of sulfonamides is 1. The number of aryl methyl sites for hydroxylation is 2. The second-order valence-electron chi connectivity index (χ2n) is 4.60. The molecule has 0 spiro atoms. The van der Waals surface area contributed by atoms with Crippen molar-refractivity contribution in [3.63, 3.8) is 0 Å². The lowest BCUT2D eigenvalue weighted by molar-refractivity contribution is 0.578. The second kappa shape index (κ2) is 5.82. The first-order valence-corrected chi connectivity index (χ1v) is 7.88. The third-order valence-corrected chi connectivity index (χ3v) is 4.54. The minimum atomic E-state index is -3.88. The molecule has 0 saturated carbocycles. The third-order valence-electron chi connectivity index (χ3n) is 3.08. The summed E-state index contributed by atoms with van der Waals surface area (Å²) in [5.74, 6) is -0.756. The maximum atomic E-state index is 13.4. The number of nitrogens with zero attached hydrogens (tertiary/aromatic N) is 2. The number of hydrogen-bond acceptors (Lipinski definition) is 4. The molecule has 0 aliphatic carbocycles. The van der Waals surface area contributed by atoms with Crippen LogP contribution in [0.15, 0.2) is 29.3 Å². The highest BCUT2D eigenvalue weighted by Gasteiger charge is 2.20. The van der Waals surface area contributed by atoms with Crippen LogP contribution in [0.1, 0.15) is 18.2 Å². The number of anilines is 1. The fourth-order valence-corrected chi connectivity index (χ4v) is 3.18. The highest BCUT2D eigenvalue weighted by atomic mass is 32.2. The first-order chi connectivity index (χ1) is 9.85. The summed E-state index contributed by atoms with van der Waals surface area (Å²) in [4.78, 5) is -0.260. The van der Waals surface area contributed by atoms with E-state index in [9.17, 15) is 12.8 Å². The van der Waals surface area contributed by atoms with Crippen LogP contribution in [0.3, 0.4) is 0 Å². The topological polar surface area (TPSA) is 90.0 Å². The normalized spacial score (nSPS) is 11.8. The van der Waals surface area contributed by atoms with Crippen LogP contribution in [0.25, 0.3) is 0 Å². The van der Waals surface area contributed by atoms with Crippen molar-refractivity contribution in [1.82, 2.24) is 14.5 Å². The van der Waals surface area contributed by atoms with Crippen LogP contribution in [0.2, 0.25) is 0 Å². The number of nitrogens with two attached hydrogens (primary N) is 1. The quantitative estimate of drug-likeness (QED) is 0.811. The lowest BCUT2D eigenvalue weighted by Crippen LogP contribution is -2.24. The summed E-state index contributed by atoms with van der Waals surface area (Å²) in [5, 5.41) is 4.23. The molecule has 0 fully saturated rings. The van der Waals surface area contributed by atoms with Crippen LogP contribution < -0.4 is 10.5 Å². The van der Waals surface area contributed by atoms with Gasteiger partial charge in [-0.1, -0.05) is 13.0 Å². The first kappa shape index (κ1) is 15.5. The SMILES string of the molecule is CCc1nn(C)cc1CNS(=O)(=O)c1cccc(F)c1N. The Morgan fingerprint density at radius 3 is 2.81 bits per heavy atom. The van der Waals surface area contributed by atoms with Crippen LogP contribution in [0.4, 0.5) is 10.1 Å². The van der Waals surface area contributed by atoms with Gasteiger partial charge in [0.25, 0.3) is 0 Å². The highest BCUT2D eigenvalue weighted by molar-refractivity contribution is 7.89. The molecule has 0 radical (unpaired) electrons. The maximum Gasteiger partial charge on any atom is 0.243 e. The van der Waals surface area contributed by atoms with E-state index in [2.05, 4.69) is 9.82 Å². The van der Waals surface area contributed by atoms with Gasteiger partial charge in [-0.05, 0) is 18.6 Å². The van der Waals surface area contributed by atoms with Crippen molar-refractivity contribution in [1.29, 1.82) is 0 Å². The molecule has 2 rings (SSSR count). The van der Waals surface area contributed by atoms with Gasteiger partial charge in [0.05, 0.1) is 11.4 Å². The molecule has 2 aromatic rings. The number of nitrogen functional groups attached to an aromatic ring is 1. The molecule has 21 heavy (non-hydrogen) atoms. The zero-order valence-corrected chi connectivity index (χ0v) is 12.6. The molecule has 0 amide bonds.